The van der Waals surface area contributed by atoms with E-state index in [0.717, 1.165) is 10.8 Å². The molecule has 3 aromatic rings. The molecule has 25 heavy (non-hydrogen) atoms. The van der Waals surface area contributed by atoms with Gasteiger partial charge in [-0.1, -0.05) is 59.6 Å². The molecule has 0 unspecified atom stereocenters. The molecule has 3 nitrogen and oxygen atoms in total. The van der Waals surface area contributed by atoms with E-state index in [-0.39, 0.29) is 11.4 Å². The molecule has 0 aliphatic heterocycles. The van der Waals surface area contributed by atoms with Gasteiger partial charge in [-0.15, -0.1) is 6.58 Å². The van der Waals surface area contributed by atoms with Crippen LogP contribution in [-0.4, -0.2) is 15.0 Å². The Morgan fingerprint density at radius 1 is 0.920 bits per heavy atom. The second kappa shape index (κ2) is 7.08. The molecule has 0 aliphatic rings. The lowest BCUT2D eigenvalue weighted by atomic mass is 10.1. The highest BCUT2D eigenvalue weighted by atomic mass is 35.5. The maximum atomic E-state index is 13.2. The van der Waals surface area contributed by atoms with Crippen molar-refractivity contribution in [2.45, 2.75) is 4.90 Å². The van der Waals surface area contributed by atoms with E-state index in [1.807, 2.05) is 24.3 Å². The van der Waals surface area contributed by atoms with Gasteiger partial charge in [0.05, 0.1) is 17.1 Å². The third kappa shape index (κ3) is 3.66. The lowest BCUT2D eigenvalue weighted by molar-refractivity contribution is 0.593. The predicted molar refractivity (Wildman–Crippen MR) is 105 cm³/mol. The van der Waals surface area contributed by atoms with Gasteiger partial charge in [-0.2, -0.15) is 0 Å². The summed E-state index contributed by atoms with van der Waals surface area (Å²) in [7, 11) is -3.80. The second-order valence-electron chi connectivity index (χ2n) is 5.46. The van der Waals surface area contributed by atoms with E-state index in [9.17, 15) is 8.42 Å². The molecule has 0 heterocycles. The molecule has 0 bridgehead atoms. The number of fused-ring (bicyclic) bond motifs is 1. The van der Waals surface area contributed by atoms with Crippen molar-refractivity contribution in [2.75, 3.05) is 10.8 Å². The highest BCUT2D eigenvalue weighted by molar-refractivity contribution is 7.92. The minimum atomic E-state index is -3.80. The van der Waals surface area contributed by atoms with E-state index in [1.54, 1.807) is 36.4 Å². The fourth-order valence-electron chi connectivity index (χ4n) is 2.60. The van der Waals surface area contributed by atoms with E-state index in [4.69, 9.17) is 23.2 Å². The van der Waals surface area contributed by atoms with Crippen LogP contribution in [0.4, 0.5) is 5.69 Å². The van der Waals surface area contributed by atoms with Crippen molar-refractivity contribution in [3.8, 4) is 0 Å². The van der Waals surface area contributed by atoms with E-state index >= 15 is 0 Å². The Bertz CT molecular complexity index is 1030. The van der Waals surface area contributed by atoms with Crippen LogP contribution in [0.15, 0.2) is 78.2 Å². The van der Waals surface area contributed by atoms with Crippen molar-refractivity contribution in [3.05, 3.63) is 83.4 Å². The Labute approximate surface area is 157 Å². The van der Waals surface area contributed by atoms with Crippen LogP contribution >= 0.6 is 23.2 Å². The molecular formula is C19H15Cl2NO2S. The highest BCUT2D eigenvalue weighted by Crippen LogP contribution is 2.30. The van der Waals surface area contributed by atoms with Crippen molar-refractivity contribution in [3.63, 3.8) is 0 Å². The smallest absolute Gasteiger partial charge is 0.262 e. The van der Waals surface area contributed by atoms with Crippen LogP contribution in [-0.2, 0) is 10.0 Å². The standard InChI is InChI=1S/C19H15Cl2NO2S/c1-2-9-22(18-12-16(20)11-17(21)13-18)25(23,24)19-8-7-14-5-3-4-6-15(14)10-19/h2-8,10-13H,1,9H2. The SMILES string of the molecule is C=CCN(c1cc(Cl)cc(Cl)c1)S(=O)(=O)c1ccc2ccccc2c1. The van der Waals surface area contributed by atoms with Gasteiger partial charge in [-0.3, -0.25) is 4.31 Å². The number of benzene rings is 3. The van der Waals surface area contributed by atoms with Gasteiger partial charge in [0.2, 0.25) is 0 Å². The number of hydrogen-bond donors (Lipinski definition) is 0. The van der Waals surface area contributed by atoms with Gasteiger partial charge in [0.25, 0.3) is 10.0 Å². The summed E-state index contributed by atoms with van der Waals surface area (Å²) < 4.78 is 27.6. The van der Waals surface area contributed by atoms with E-state index in [0.29, 0.717) is 15.7 Å². The van der Waals surface area contributed by atoms with E-state index in [1.165, 1.54) is 10.4 Å². The maximum Gasteiger partial charge on any atom is 0.264 e. The van der Waals surface area contributed by atoms with Crippen molar-refractivity contribution < 1.29 is 8.42 Å². The van der Waals surface area contributed by atoms with Crippen molar-refractivity contribution in [2.24, 2.45) is 0 Å². The number of hydrogen-bond acceptors (Lipinski definition) is 2. The fourth-order valence-corrected chi connectivity index (χ4v) is 4.57. The molecule has 0 spiro atoms. The lowest BCUT2D eigenvalue weighted by Gasteiger charge is -2.23. The Morgan fingerprint density at radius 3 is 2.20 bits per heavy atom. The molecule has 0 N–H and O–H groups in total. The first kappa shape index (κ1) is 17.8. The van der Waals surface area contributed by atoms with Gasteiger partial charge in [-0.05, 0) is 41.1 Å². The summed E-state index contributed by atoms with van der Waals surface area (Å²) in [6, 6.07) is 17.3. The topological polar surface area (TPSA) is 37.4 Å². The van der Waals surface area contributed by atoms with Crippen LogP contribution in [0.2, 0.25) is 10.0 Å². The molecule has 0 saturated carbocycles. The van der Waals surface area contributed by atoms with Crippen LogP contribution in [0, 0.1) is 0 Å². The molecule has 3 rings (SSSR count). The summed E-state index contributed by atoms with van der Waals surface area (Å²) in [5.74, 6) is 0. The number of anilines is 1. The molecule has 0 saturated heterocycles. The molecular weight excluding hydrogens is 377 g/mol. The Balaban J connectivity index is 2.14. The normalized spacial score (nSPS) is 11.4. The molecule has 0 atom stereocenters. The van der Waals surface area contributed by atoms with Crippen LogP contribution in [0.5, 0.6) is 0 Å². The molecule has 0 aliphatic carbocycles. The van der Waals surface area contributed by atoms with Gasteiger partial charge >= 0.3 is 0 Å². The molecule has 0 fully saturated rings. The molecule has 0 amide bonds. The largest absolute Gasteiger partial charge is 0.264 e. The van der Waals surface area contributed by atoms with Crippen LogP contribution in [0.25, 0.3) is 10.8 Å². The van der Waals surface area contributed by atoms with Gasteiger partial charge in [-0.25, -0.2) is 8.42 Å². The molecule has 0 aromatic heterocycles. The minimum Gasteiger partial charge on any atom is -0.262 e. The lowest BCUT2D eigenvalue weighted by Crippen LogP contribution is -2.31. The summed E-state index contributed by atoms with van der Waals surface area (Å²) in [4.78, 5) is 0.198. The Hall–Kier alpha value is -2.01. The third-order valence-corrected chi connectivity index (χ3v) is 5.97. The number of halogens is 2. The second-order valence-corrected chi connectivity index (χ2v) is 8.20. The quantitative estimate of drug-likeness (QED) is 0.536. The highest BCUT2D eigenvalue weighted by Gasteiger charge is 2.24. The third-order valence-electron chi connectivity index (χ3n) is 3.74. The van der Waals surface area contributed by atoms with Crippen molar-refractivity contribution >= 4 is 49.7 Å². The Morgan fingerprint density at radius 2 is 1.56 bits per heavy atom. The summed E-state index contributed by atoms with van der Waals surface area (Å²) in [5.41, 5.74) is 0.394. The van der Waals surface area contributed by atoms with Gasteiger partial charge in [0, 0.05) is 10.0 Å². The maximum absolute atomic E-state index is 13.2. The molecule has 6 heteroatoms. The monoisotopic (exact) mass is 391 g/mol. The number of rotatable bonds is 5. The van der Waals surface area contributed by atoms with Crippen molar-refractivity contribution in [1.82, 2.24) is 0 Å². The molecule has 0 radical (unpaired) electrons. The molecule has 128 valence electrons. The van der Waals surface area contributed by atoms with Gasteiger partial charge < -0.3 is 0 Å². The van der Waals surface area contributed by atoms with Crippen LogP contribution in [0.1, 0.15) is 0 Å². The zero-order valence-corrected chi connectivity index (χ0v) is 15.5. The Kier molecular flexibility index (Phi) is 5.04. The zero-order valence-electron chi connectivity index (χ0n) is 13.2. The summed E-state index contributed by atoms with van der Waals surface area (Å²) >= 11 is 12.1. The van der Waals surface area contributed by atoms with Crippen molar-refractivity contribution in [1.29, 1.82) is 0 Å². The first-order chi connectivity index (χ1) is 11.9. The van der Waals surface area contributed by atoms with E-state index in [2.05, 4.69) is 6.58 Å². The van der Waals surface area contributed by atoms with Crippen LogP contribution in [0.3, 0.4) is 0 Å². The molecule has 3 aromatic carbocycles. The average molecular weight is 392 g/mol. The average Bonchev–Trinajstić information content (AvgIpc) is 2.58. The minimum absolute atomic E-state index is 0.103. The van der Waals surface area contributed by atoms with Crippen LogP contribution < -0.4 is 4.31 Å². The predicted octanol–water partition coefficient (Wildman–Crippen LogP) is 5.53. The van der Waals surface area contributed by atoms with Gasteiger partial charge in [0.15, 0.2) is 0 Å². The van der Waals surface area contributed by atoms with E-state index < -0.39 is 10.0 Å². The van der Waals surface area contributed by atoms with Gasteiger partial charge in [0.1, 0.15) is 0 Å². The fraction of sp³-hybridized carbons (Fsp3) is 0.0526. The zero-order chi connectivity index (χ0) is 18.0. The summed E-state index contributed by atoms with van der Waals surface area (Å²) in [6.07, 6.45) is 1.52. The number of nitrogens with zero attached hydrogens (tertiary/aromatic N) is 1. The first-order valence-electron chi connectivity index (χ1n) is 7.50. The first-order valence-corrected chi connectivity index (χ1v) is 9.70. The summed E-state index contributed by atoms with van der Waals surface area (Å²) in [5, 5.41) is 2.56. The number of sulfonamides is 1. The summed E-state index contributed by atoms with van der Waals surface area (Å²) in [6.45, 7) is 3.76.